The Kier molecular flexibility index (Phi) is 4.92. The fourth-order valence-corrected chi connectivity index (χ4v) is 3.54. The summed E-state index contributed by atoms with van der Waals surface area (Å²) in [5.74, 6) is 1.35. The number of nitrogens with zero attached hydrogens (tertiary/aromatic N) is 4. The van der Waals surface area contributed by atoms with Crippen LogP contribution in [0.3, 0.4) is 0 Å². The number of hydrogen-bond acceptors (Lipinski definition) is 6. The molecule has 1 atom stereocenters. The van der Waals surface area contributed by atoms with Crippen molar-refractivity contribution < 1.29 is 0 Å². The van der Waals surface area contributed by atoms with Gasteiger partial charge in [0, 0.05) is 43.5 Å². The van der Waals surface area contributed by atoms with Crippen LogP contribution in [0.5, 0.6) is 0 Å². The van der Waals surface area contributed by atoms with Gasteiger partial charge in [0.15, 0.2) is 0 Å². The third-order valence-electron chi connectivity index (χ3n) is 4.99. The van der Waals surface area contributed by atoms with Crippen LogP contribution in [0, 0.1) is 0 Å². The minimum Gasteiger partial charge on any atom is -0.365 e. The van der Waals surface area contributed by atoms with E-state index in [1.807, 2.05) is 35.2 Å². The number of hydrogen-bond donors (Lipinski definition) is 2. The van der Waals surface area contributed by atoms with Gasteiger partial charge in [-0.3, -0.25) is 14.3 Å². The van der Waals surface area contributed by atoms with Crippen LogP contribution in [-0.2, 0) is 6.54 Å². The molecule has 2 aromatic heterocycles. The minimum atomic E-state index is -0.372. The van der Waals surface area contributed by atoms with Crippen LogP contribution in [0.1, 0.15) is 13.3 Å². The van der Waals surface area contributed by atoms with E-state index >= 15 is 0 Å². The molecule has 2 N–H and O–H groups in total. The number of aromatic amines is 1. The van der Waals surface area contributed by atoms with Gasteiger partial charge >= 0.3 is 5.69 Å². The van der Waals surface area contributed by atoms with Gasteiger partial charge in [-0.05, 0) is 18.9 Å². The molecule has 0 aliphatic carbocycles. The lowest BCUT2D eigenvalue weighted by Crippen LogP contribution is -2.37. The molecule has 1 saturated heterocycles. The highest BCUT2D eigenvalue weighted by atomic mass is 16.2. The summed E-state index contributed by atoms with van der Waals surface area (Å²) in [7, 11) is 0. The number of nitrogens with one attached hydrogen (secondary N) is 2. The molecule has 0 unspecified atom stereocenters. The van der Waals surface area contributed by atoms with Gasteiger partial charge in [0.2, 0.25) is 0 Å². The molecule has 3 aromatic rings. The molecule has 1 aliphatic rings. The second kappa shape index (κ2) is 7.67. The summed E-state index contributed by atoms with van der Waals surface area (Å²) >= 11 is 0. The first kappa shape index (κ1) is 18.0. The molecule has 3 heterocycles. The largest absolute Gasteiger partial charge is 0.365 e. The summed E-state index contributed by atoms with van der Waals surface area (Å²) in [4.78, 5) is 37.6. The Morgan fingerprint density at radius 2 is 2.07 bits per heavy atom. The maximum atomic E-state index is 12.1. The fraction of sp³-hybridized carbons (Fsp3) is 0.300. The number of aromatic nitrogens is 4. The van der Waals surface area contributed by atoms with E-state index in [1.165, 1.54) is 17.0 Å². The highest BCUT2D eigenvalue weighted by Gasteiger charge is 2.25. The average molecular weight is 378 g/mol. The normalized spacial score (nSPS) is 16.3. The third-order valence-corrected chi connectivity index (χ3v) is 4.99. The molecule has 1 aliphatic heterocycles. The van der Waals surface area contributed by atoms with Crippen molar-refractivity contribution in [3.8, 4) is 11.1 Å². The van der Waals surface area contributed by atoms with Crippen molar-refractivity contribution in [1.29, 1.82) is 0 Å². The molecule has 4 rings (SSSR count). The van der Waals surface area contributed by atoms with Crippen molar-refractivity contribution in [2.24, 2.45) is 0 Å². The molecule has 0 spiro atoms. The zero-order valence-electron chi connectivity index (χ0n) is 15.6. The van der Waals surface area contributed by atoms with E-state index in [0.717, 1.165) is 29.9 Å². The molecular weight excluding hydrogens is 356 g/mol. The SMILES string of the molecule is CCn1c(=O)cc(N2CC[C@H](Nc3ncncc3-c3ccccc3)C2)[nH]c1=O. The molecule has 0 radical (unpaired) electrons. The zero-order chi connectivity index (χ0) is 19.5. The van der Waals surface area contributed by atoms with Crippen LogP contribution >= 0.6 is 0 Å². The number of H-pyrrole nitrogens is 1. The van der Waals surface area contributed by atoms with E-state index in [9.17, 15) is 9.59 Å². The Labute approximate surface area is 161 Å². The van der Waals surface area contributed by atoms with E-state index < -0.39 is 0 Å². The topological polar surface area (TPSA) is 95.9 Å². The van der Waals surface area contributed by atoms with Gasteiger partial charge in [-0.15, -0.1) is 0 Å². The highest BCUT2D eigenvalue weighted by molar-refractivity contribution is 5.74. The molecule has 1 aromatic carbocycles. The maximum Gasteiger partial charge on any atom is 0.329 e. The Balaban J connectivity index is 1.52. The minimum absolute atomic E-state index is 0.148. The van der Waals surface area contributed by atoms with Crippen molar-refractivity contribution in [3.63, 3.8) is 0 Å². The van der Waals surface area contributed by atoms with E-state index in [4.69, 9.17) is 0 Å². The third kappa shape index (κ3) is 3.53. The van der Waals surface area contributed by atoms with Crippen LogP contribution in [0.15, 0.2) is 58.5 Å². The first-order valence-corrected chi connectivity index (χ1v) is 9.36. The van der Waals surface area contributed by atoms with E-state index in [-0.39, 0.29) is 17.3 Å². The van der Waals surface area contributed by atoms with Crippen molar-refractivity contribution in [2.45, 2.75) is 25.9 Å². The number of benzene rings is 1. The fourth-order valence-electron chi connectivity index (χ4n) is 3.54. The second-order valence-corrected chi connectivity index (χ2v) is 6.77. The molecule has 28 heavy (non-hydrogen) atoms. The predicted octanol–water partition coefficient (Wildman–Crippen LogP) is 1.70. The van der Waals surface area contributed by atoms with Crippen LogP contribution in [0.4, 0.5) is 11.6 Å². The van der Waals surface area contributed by atoms with Crippen LogP contribution in [0.2, 0.25) is 0 Å². The summed E-state index contributed by atoms with van der Waals surface area (Å²) in [6.07, 6.45) is 4.21. The molecule has 1 fully saturated rings. The number of anilines is 2. The van der Waals surface area contributed by atoms with Crippen LogP contribution < -0.4 is 21.5 Å². The standard InChI is InChI=1S/C20H22N6O2/c1-2-26-18(27)10-17(24-20(26)28)25-9-8-15(12-25)23-19-16(11-21-13-22-19)14-6-4-3-5-7-14/h3-7,10-11,13,15H,2,8-9,12H2,1H3,(H,24,28)(H,21,22,23)/t15-/m0/s1. The van der Waals surface area contributed by atoms with Gasteiger partial charge in [0.1, 0.15) is 18.0 Å². The van der Waals surface area contributed by atoms with Gasteiger partial charge in [-0.2, -0.15) is 0 Å². The molecule has 0 amide bonds. The van der Waals surface area contributed by atoms with Gasteiger partial charge in [0.05, 0.1) is 0 Å². The second-order valence-electron chi connectivity index (χ2n) is 6.77. The van der Waals surface area contributed by atoms with Crippen LogP contribution in [0.25, 0.3) is 11.1 Å². The van der Waals surface area contributed by atoms with Crippen molar-refractivity contribution >= 4 is 11.6 Å². The first-order valence-electron chi connectivity index (χ1n) is 9.36. The molecule has 8 nitrogen and oxygen atoms in total. The van der Waals surface area contributed by atoms with Gasteiger partial charge in [-0.1, -0.05) is 30.3 Å². The van der Waals surface area contributed by atoms with Crippen molar-refractivity contribution in [1.82, 2.24) is 19.5 Å². The van der Waals surface area contributed by atoms with Gasteiger partial charge in [-0.25, -0.2) is 14.8 Å². The Hall–Kier alpha value is -3.42. The first-order chi connectivity index (χ1) is 13.7. The molecule has 144 valence electrons. The lowest BCUT2D eigenvalue weighted by Gasteiger charge is -2.19. The molecular formula is C20H22N6O2. The maximum absolute atomic E-state index is 12.1. The summed E-state index contributed by atoms with van der Waals surface area (Å²) in [6, 6.07) is 11.6. The zero-order valence-corrected chi connectivity index (χ0v) is 15.6. The Bertz CT molecular complexity index is 1040. The summed E-state index contributed by atoms with van der Waals surface area (Å²) in [5, 5.41) is 3.49. The molecule has 0 saturated carbocycles. The summed E-state index contributed by atoms with van der Waals surface area (Å²) < 4.78 is 1.18. The van der Waals surface area contributed by atoms with Crippen molar-refractivity contribution in [2.75, 3.05) is 23.3 Å². The van der Waals surface area contributed by atoms with Gasteiger partial charge < -0.3 is 10.2 Å². The van der Waals surface area contributed by atoms with E-state index in [0.29, 0.717) is 18.9 Å². The Morgan fingerprint density at radius 3 is 2.82 bits per heavy atom. The lowest BCUT2D eigenvalue weighted by molar-refractivity contribution is 0.669. The average Bonchev–Trinajstić information content (AvgIpc) is 3.17. The van der Waals surface area contributed by atoms with Crippen molar-refractivity contribution in [3.05, 3.63) is 69.8 Å². The summed E-state index contributed by atoms with van der Waals surface area (Å²) in [5.41, 5.74) is 1.34. The molecule has 8 heteroatoms. The smallest absolute Gasteiger partial charge is 0.329 e. The quantitative estimate of drug-likeness (QED) is 0.702. The van der Waals surface area contributed by atoms with E-state index in [1.54, 1.807) is 13.1 Å². The Morgan fingerprint density at radius 1 is 1.25 bits per heavy atom. The number of rotatable bonds is 5. The monoisotopic (exact) mass is 378 g/mol. The lowest BCUT2D eigenvalue weighted by atomic mass is 10.1. The van der Waals surface area contributed by atoms with E-state index in [2.05, 4.69) is 20.3 Å². The van der Waals surface area contributed by atoms with Gasteiger partial charge in [0.25, 0.3) is 5.56 Å². The highest BCUT2D eigenvalue weighted by Crippen LogP contribution is 2.27. The molecule has 0 bridgehead atoms. The summed E-state index contributed by atoms with van der Waals surface area (Å²) in [6.45, 7) is 3.55. The predicted molar refractivity (Wildman–Crippen MR) is 109 cm³/mol. The van der Waals surface area contributed by atoms with Crippen LogP contribution in [-0.4, -0.2) is 38.7 Å².